The average Bonchev–Trinajstić information content (AvgIpc) is 3.16. The van der Waals surface area contributed by atoms with E-state index in [-0.39, 0.29) is 12.1 Å². The monoisotopic (exact) mass is 491 g/mol. The Kier molecular flexibility index (Phi) is 7.78. The van der Waals surface area contributed by atoms with Gasteiger partial charge in [0.05, 0.1) is 21.6 Å². The standard InChI is InChI=1S/C25H37N3O3S2/c1-16-9-10-20(15-23(16)33(30,31)28-21-11-13-22(29)14-12-21)24-18(3)27-25(32-24)26-17(2)19-7-5-4-6-8-19/h9-10,15,17,19,21-22,28-29H,4-8,11-14H2,1-3H3,(H,26,27)/t17-,21-,22-/m0/s1. The van der Waals surface area contributed by atoms with Crippen molar-refractivity contribution in [2.75, 3.05) is 5.32 Å². The van der Waals surface area contributed by atoms with Crippen molar-refractivity contribution in [2.24, 2.45) is 5.92 Å². The molecule has 2 aliphatic carbocycles. The van der Waals surface area contributed by atoms with E-state index in [4.69, 9.17) is 4.98 Å². The molecule has 0 spiro atoms. The van der Waals surface area contributed by atoms with Crippen LogP contribution < -0.4 is 10.0 Å². The first-order valence-electron chi connectivity index (χ1n) is 12.3. The molecular weight excluding hydrogens is 454 g/mol. The maximum atomic E-state index is 13.2. The summed E-state index contributed by atoms with van der Waals surface area (Å²) < 4.78 is 29.3. The van der Waals surface area contributed by atoms with Gasteiger partial charge >= 0.3 is 0 Å². The number of nitrogens with zero attached hydrogens (tertiary/aromatic N) is 1. The summed E-state index contributed by atoms with van der Waals surface area (Å²) in [5.41, 5.74) is 2.53. The average molecular weight is 492 g/mol. The molecule has 0 aliphatic heterocycles. The fourth-order valence-corrected chi connectivity index (χ4v) is 7.81. The molecule has 0 amide bonds. The quantitative estimate of drug-likeness (QED) is 0.483. The van der Waals surface area contributed by atoms with Crippen LogP contribution in [0.2, 0.25) is 0 Å². The minimum atomic E-state index is -3.64. The Morgan fingerprint density at radius 2 is 1.76 bits per heavy atom. The summed E-state index contributed by atoms with van der Waals surface area (Å²) in [6, 6.07) is 5.91. The van der Waals surface area contributed by atoms with Gasteiger partial charge in [-0.1, -0.05) is 42.7 Å². The van der Waals surface area contributed by atoms with Crippen LogP contribution in [0.15, 0.2) is 23.1 Å². The molecule has 4 rings (SSSR count). The van der Waals surface area contributed by atoms with Crippen LogP contribution in [0.3, 0.4) is 0 Å². The van der Waals surface area contributed by atoms with Crippen molar-refractivity contribution in [3.63, 3.8) is 0 Å². The summed E-state index contributed by atoms with van der Waals surface area (Å²) in [5.74, 6) is 0.689. The van der Waals surface area contributed by atoms with E-state index in [1.807, 2.05) is 26.0 Å². The van der Waals surface area contributed by atoms with E-state index in [0.29, 0.717) is 42.5 Å². The molecule has 1 atom stereocenters. The van der Waals surface area contributed by atoms with Crippen LogP contribution in [0.5, 0.6) is 0 Å². The Balaban J connectivity index is 1.52. The van der Waals surface area contributed by atoms with Gasteiger partial charge in [0, 0.05) is 12.1 Å². The first-order chi connectivity index (χ1) is 15.7. The third kappa shape index (κ3) is 5.96. The number of benzene rings is 1. The summed E-state index contributed by atoms with van der Waals surface area (Å²) >= 11 is 1.60. The van der Waals surface area contributed by atoms with Crippen LogP contribution in [0.25, 0.3) is 10.4 Å². The van der Waals surface area contributed by atoms with E-state index in [2.05, 4.69) is 17.0 Å². The maximum absolute atomic E-state index is 13.2. The van der Waals surface area contributed by atoms with Gasteiger partial charge in [0.25, 0.3) is 0 Å². The molecule has 2 saturated carbocycles. The Morgan fingerprint density at radius 1 is 1.06 bits per heavy atom. The van der Waals surface area contributed by atoms with Crippen molar-refractivity contribution in [1.29, 1.82) is 0 Å². The number of anilines is 1. The molecule has 3 N–H and O–H groups in total. The number of nitrogens with one attached hydrogen (secondary N) is 2. The van der Waals surface area contributed by atoms with E-state index in [0.717, 1.165) is 26.8 Å². The van der Waals surface area contributed by atoms with Gasteiger partial charge in [-0.2, -0.15) is 0 Å². The summed E-state index contributed by atoms with van der Waals surface area (Å²) in [7, 11) is -3.64. The highest BCUT2D eigenvalue weighted by Crippen LogP contribution is 2.36. The summed E-state index contributed by atoms with van der Waals surface area (Å²) in [6.45, 7) is 6.07. The number of hydrogen-bond acceptors (Lipinski definition) is 6. The second-order valence-electron chi connectivity index (χ2n) is 9.87. The summed E-state index contributed by atoms with van der Waals surface area (Å²) in [6.07, 6.45) is 8.83. The van der Waals surface area contributed by atoms with E-state index < -0.39 is 10.0 Å². The van der Waals surface area contributed by atoms with E-state index in [9.17, 15) is 13.5 Å². The molecule has 1 heterocycles. The van der Waals surface area contributed by atoms with Crippen LogP contribution in [0, 0.1) is 19.8 Å². The Morgan fingerprint density at radius 3 is 2.45 bits per heavy atom. The molecule has 33 heavy (non-hydrogen) atoms. The van der Waals surface area contributed by atoms with Gasteiger partial charge in [-0.15, -0.1) is 0 Å². The fraction of sp³-hybridized carbons (Fsp3) is 0.640. The van der Waals surface area contributed by atoms with Crippen LogP contribution >= 0.6 is 11.3 Å². The number of thiazole rings is 1. The van der Waals surface area contributed by atoms with Crippen LogP contribution in [0.1, 0.15) is 76.0 Å². The Bertz CT molecular complexity index is 1050. The van der Waals surface area contributed by atoms with E-state index in [1.54, 1.807) is 17.4 Å². The third-order valence-electron chi connectivity index (χ3n) is 7.26. The predicted octanol–water partition coefficient (Wildman–Crippen LogP) is 5.39. The molecule has 1 aromatic heterocycles. The zero-order chi connectivity index (χ0) is 23.6. The van der Waals surface area contributed by atoms with Gasteiger partial charge in [0.1, 0.15) is 0 Å². The lowest BCUT2D eigenvalue weighted by Crippen LogP contribution is -2.38. The summed E-state index contributed by atoms with van der Waals surface area (Å²) in [4.78, 5) is 6.08. The minimum Gasteiger partial charge on any atom is -0.393 e. The maximum Gasteiger partial charge on any atom is 0.241 e. The second-order valence-corrected chi connectivity index (χ2v) is 12.6. The first kappa shape index (κ1) is 24.6. The molecule has 182 valence electrons. The summed E-state index contributed by atoms with van der Waals surface area (Å²) in [5, 5.41) is 14.2. The molecule has 8 heteroatoms. The van der Waals surface area contributed by atoms with Gasteiger partial charge in [-0.05, 0) is 82.4 Å². The molecule has 2 fully saturated rings. The van der Waals surface area contributed by atoms with Gasteiger partial charge in [-0.3, -0.25) is 0 Å². The zero-order valence-corrected chi connectivity index (χ0v) is 21.6. The highest BCUT2D eigenvalue weighted by atomic mass is 32.2. The van der Waals surface area contributed by atoms with Crippen LogP contribution in [0.4, 0.5) is 5.13 Å². The molecule has 0 unspecified atom stereocenters. The van der Waals surface area contributed by atoms with Gasteiger partial charge in [0.15, 0.2) is 5.13 Å². The van der Waals surface area contributed by atoms with Crippen LogP contribution in [-0.4, -0.2) is 36.7 Å². The highest BCUT2D eigenvalue weighted by molar-refractivity contribution is 7.89. The zero-order valence-electron chi connectivity index (χ0n) is 19.9. The fourth-order valence-electron chi connectivity index (χ4n) is 5.18. The molecule has 2 aliphatic rings. The highest BCUT2D eigenvalue weighted by Gasteiger charge is 2.27. The predicted molar refractivity (Wildman–Crippen MR) is 135 cm³/mol. The SMILES string of the molecule is Cc1ccc(-c2sc(N[C@@H](C)C3CCCCC3)nc2C)cc1S(=O)(=O)N[C@H]1CC[C@H](O)CC1. The van der Waals surface area contributed by atoms with Crippen molar-refractivity contribution < 1.29 is 13.5 Å². The molecule has 6 nitrogen and oxygen atoms in total. The van der Waals surface area contributed by atoms with Crippen molar-refractivity contribution in [3.05, 3.63) is 29.5 Å². The van der Waals surface area contributed by atoms with Crippen molar-refractivity contribution in [1.82, 2.24) is 9.71 Å². The number of aliphatic hydroxyl groups excluding tert-OH is 1. The van der Waals surface area contributed by atoms with E-state index in [1.165, 1.54) is 32.1 Å². The number of aryl methyl sites for hydroxylation is 2. The Hall–Kier alpha value is -1.48. The van der Waals surface area contributed by atoms with Crippen molar-refractivity contribution >= 4 is 26.5 Å². The number of hydrogen-bond donors (Lipinski definition) is 3. The largest absolute Gasteiger partial charge is 0.393 e. The number of aromatic nitrogens is 1. The molecule has 2 aromatic rings. The lowest BCUT2D eigenvalue weighted by molar-refractivity contribution is 0.120. The molecular formula is C25H37N3O3S2. The number of rotatable bonds is 7. The van der Waals surface area contributed by atoms with E-state index >= 15 is 0 Å². The number of sulfonamides is 1. The smallest absolute Gasteiger partial charge is 0.241 e. The molecule has 0 radical (unpaired) electrons. The van der Waals surface area contributed by atoms with Crippen molar-refractivity contribution in [2.45, 2.75) is 102 Å². The lowest BCUT2D eigenvalue weighted by Gasteiger charge is -2.28. The van der Waals surface area contributed by atoms with Gasteiger partial charge in [0.2, 0.25) is 10.0 Å². The Labute approximate surface area is 202 Å². The lowest BCUT2D eigenvalue weighted by atomic mass is 9.85. The normalized spacial score (nSPS) is 23.4. The first-order valence-corrected chi connectivity index (χ1v) is 14.6. The van der Waals surface area contributed by atoms with Crippen LogP contribution in [-0.2, 0) is 10.0 Å². The molecule has 0 saturated heterocycles. The number of aliphatic hydroxyl groups is 1. The third-order valence-corrected chi connectivity index (χ3v) is 10.1. The molecule has 0 bridgehead atoms. The van der Waals surface area contributed by atoms with Gasteiger partial charge in [-0.25, -0.2) is 18.1 Å². The van der Waals surface area contributed by atoms with Crippen molar-refractivity contribution in [3.8, 4) is 10.4 Å². The topological polar surface area (TPSA) is 91.3 Å². The second kappa shape index (κ2) is 10.4. The minimum absolute atomic E-state index is 0.122. The molecule has 1 aromatic carbocycles. The van der Waals surface area contributed by atoms with Gasteiger partial charge < -0.3 is 10.4 Å².